The number of hydrogen-bond donors (Lipinski definition) is 2. The van der Waals surface area contributed by atoms with E-state index in [4.69, 9.17) is 5.11 Å². The van der Waals surface area contributed by atoms with Gasteiger partial charge in [-0.15, -0.1) is 0 Å². The van der Waals surface area contributed by atoms with Crippen molar-refractivity contribution in [1.82, 2.24) is 0 Å². The topological polar surface area (TPSA) is 52.6 Å². The molecule has 0 unspecified atom stereocenters. The number of aliphatic carboxylic acids is 1. The Morgan fingerprint density at radius 1 is 1.09 bits per heavy atom. The van der Waals surface area contributed by atoms with E-state index in [0.717, 1.165) is 19.4 Å². The van der Waals surface area contributed by atoms with Gasteiger partial charge in [0.2, 0.25) is 0 Å². The summed E-state index contributed by atoms with van der Waals surface area (Å²) in [6.45, 7) is 5.87. The first-order valence-corrected chi connectivity index (χ1v) is 11.1. The molecule has 0 bridgehead atoms. The fraction of sp³-hybridized carbons (Fsp3) is 0.296. The maximum Gasteiger partial charge on any atom is 0.303 e. The maximum absolute atomic E-state index is 14.4. The van der Waals surface area contributed by atoms with E-state index >= 15 is 0 Å². The normalized spacial score (nSPS) is 13.0. The van der Waals surface area contributed by atoms with Crippen LogP contribution in [0.2, 0.25) is 0 Å². The summed E-state index contributed by atoms with van der Waals surface area (Å²) >= 11 is 0. The van der Waals surface area contributed by atoms with Gasteiger partial charge in [-0.3, -0.25) is 4.79 Å². The lowest BCUT2D eigenvalue weighted by atomic mass is 9.94. The van der Waals surface area contributed by atoms with Crippen LogP contribution in [0.4, 0.5) is 21.5 Å². The first-order chi connectivity index (χ1) is 15.4. The van der Waals surface area contributed by atoms with Crippen molar-refractivity contribution >= 4 is 23.0 Å². The van der Waals surface area contributed by atoms with Crippen LogP contribution in [0.3, 0.4) is 0 Å². The molecule has 2 N–H and O–H groups in total. The molecule has 32 heavy (non-hydrogen) atoms. The van der Waals surface area contributed by atoms with Crippen LogP contribution in [0.15, 0.2) is 54.6 Å². The van der Waals surface area contributed by atoms with E-state index in [1.165, 1.54) is 39.7 Å². The summed E-state index contributed by atoms with van der Waals surface area (Å²) in [4.78, 5) is 13.2. The van der Waals surface area contributed by atoms with Gasteiger partial charge < -0.3 is 15.3 Å². The van der Waals surface area contributed by atoms with Gasteiger partial charge in [0.25, 0.3) is 0 Å². The number of fused-ring (bicyclic) bond motifs is 1. The summed E-state index contributed by atoms with van der Waals surface area (Å²) in [5, 5.41) is 12.1. The van der Waals surface area contributed by atoms with Crippen LogP contribution >= 0.6 is 0 Å². The van der Waals surface area contributed by atoms with Gasteiger partial charge in [-0.1, -0.05) is 30.3 Å². The van der Waals surface area contributed by atoms with Gasteiger partial charge in [-0.05, 0) is 85.2 Å². The maximum atomic E-state index is 14.4. The molecule has 0 fully saturated rings. The predicted molar refractivity (Wildman–Crippen MR) is 127 cm³/mol. The highest BCUT2D eigenvalue weighted by atomic mass is 19.1. The molecule has 0 aliphatic carbocycles. The van der Waals surface area contributed by atoms with Crippen molar-refractivity contribution in [2.75, 3.05) is 16.8 Å². The molecule has 166 valence electrons. The molecule has 1 aliphatic heterocycles. The van der Waals surface area contributed by atoms with Crippen LogP contribution in [-0.2, 0) is 24.2 Å². The van der Waals surface area contributed by atoms with Crippen molar-refractivity contribution in [2.45, 2.75) is 46.1 Å². The van der Waals surface area contributed by atoms with Gasteiger partial charge in [0.05, 0.1) is 0 Å². The molecule has 3 aromatic carbocycles. The molecule has 0 radical (unpaired) electrons. The van der Waals surface area contributed by atoms with E-state index in [0.29, 0.717) is 17.8 Å². The van der Waals surface area contributed by atoms with Crippen molar-refractivity contribution < 1.29 is 14.3 Å². The van der Waals surface area contributed by atoms with E-state index in [1.54, 1.807) is 6.07 Å². The summed E-state index contributed by atoms with van der Waals surface area (Å²) < 4.78 is 14.4. The highest BCUT2D eigenvalue weighted by Crippen LogP contribution is 2.38. The Kier molecular flexibility index (Phi) is 6.45. The Morgan fingerprint density at radius 2 is 1.91 bits per heavy atom. The third-order valence-corrected chi connectivity index (χ3v) is 6.18. The first kappa shape index (κ1) is 21.9. The Morgan fingerprint density at radius 3 is 2.66 bits per heavy atom. The molecule has 4 nitrogen and oxygen atoms in total. The smallest absolute Gasteiger partial charge is 0.303 e. The summed E-state index contributed by atoms with van der Waals surface area (Å²) in [6.07, 6.45) is 2.33. The number of carbonyl (C=O) groups is 1. The van der Waals surface area contributed by atoms with Crippen molar-refractivity contribution in [1.29, 1.82) is 0 Å². The molecule has 0 saturated heterocycles. The van der Waals surface area contributed by atoms with Crippen LogP contribution < -0.4 is 10.2 Å². The van der Waals surface area contributed by atoms with Crippen LogP contribution in [0, 0.1) is 19.7 Å². The number of rotatable bonds is 7. The standard InChI is InChI=1S/C27H29FN2O2/c1-18-5-3-7-24(15-18)30-14-4-6-21-8-9-22(19(2)27(21)30)17-29-23-12-10-20(25(28)16-23)11-13-26(31)32/h3,5,7-10,12,15-16,29H,4,6,11,13-14,17H2,1-2H3,(H,31,32). The van der Waals surface area contributed by atoms with Gasteiger partial charge in [0.1, 0.15) is 5.82 Å². The zero-order valence-corrected chi connectivity index (χ0v) is 18.6. The second kappa shape index (κ2) is 9.43. The van der Waals surface area contributed by atoms with Crippen LogP contribution in [0.1, 0.15) is 40.7 Å². The van der Waals surface area contributed by atoms with E-state index in [9.17, 15) is 9.18 Å². The molecule has 1 heterocycles. The predicted octanol–water partition coefficient (Wildman–Crippen LogP) is 6.16. The minimum absolute atomic E-state index is 0.0740. The monoisotopic (exact) mass is 432 g/mol. The average molecular weight is 433 g/mol. The Labute approximate surface area is 188 Å². The summed E-state index contributed by atoms with van der Waals surface area (Å²) in [6, 6.07) is 17.9. The second-order valence-electron chi connectivity index (χ2n) is 8.51. The van der Waals surface area contributed by atoms with E-state index in [1.807, 2.05) is 6.07 Å². The molecule has 3 aromatic rings. The van der Waals surface area contributed by atoms with Crippen molar-refractivity contribution in [3.63, 3.8) is 0 Å². The van der Waals surface area contributed by atoms with Gasteiger partial charge in [0, 0.05) is 36.6 Å². The quantitative estimate of drug-likeness (QED) is 0.470. The average Bonchev–Trinajstić information content (AvgIpc) is 2.77. The number of halogens is 1. The van der Waals surface area contributed by atoms with E-state index < -0.39 is 5.97 Å². The Balaban J connectivity index is 1.54. The molecule has 0 aromatic heterocycles. The molecular weight excluding hydrogens is 403 g/mol. The van der Waals surface area contributed by atoms with Crippen molar-refractivity contribution in [3.8, 4) is 0 Å². The molecule has 5 heteroatoms. The molecule has 0 saturated carbocycles. The first-order valence-electron chi connectivity index (χ1n) is 11.1. The van der Waals surface area contributed by atoms with Crippen molar-refractivity contribution in [3.05, 3.63) is 88.2 Å². The van der Waals surface area contributed by atoms with Gasteiger partial charge in [-0.25, -0.2) is 4.39 Å². The molecule has 1 aliphatic rings. The Hall–Kier alpha value is -3.34. The molecule has 0 amide bonds. The fourth-order valence-electron chi connectivity index (χ4n) is 4.46. The lowest BCUT2D eigenvalue weighted by Crippen LogP contribution is -2.26. The minimum Gasteiger partial charge on any atom is -0.481 e. The third-order valence-electron chi connectivity index (χ3n) is 6.18. The number of nitrogens with zero attached hydrogens (tertiary/aromatic N) is 1. The molecule has 0 atom stereocenters. The van der Waals surface area contributed by atoms with Gasteiger partial charge >= 0.3 is 5.97 Å². The Bertz CT molecular complexity index is 1140. The lowest BCUT2D eigenvalue weighted by molar-refractivity contribution is -0.136. The number of carboxylic acid groups (broad SMARTS) is 1. The number of carboxylic acids is 1. The van der Waals surface area contributed by atoms with E-state index in [2.05, 4.69) is 60.5 Å². The van der Waals surface area contributed by atoms with Gasteiger partial charge in [-0.2, -0.15) is 0 Å². The SMILES string of the molecule is Cc1cccc(N2CCCc3ccc(CNc4ccc(CCC(=O)O)c(F)c4)c(C)c32)c1. The third kappa shape index (κ3) is 4.77. The molecule has 4 rings (SSSR count). The van der Waals surface area contributed by atoms with E-state index in [-0.39, 0.29) is 18.7 Å². The number of anilines is 3. The largest absolute Gasteiger partial charge is 0.481 e. The lowest BCUT2D eigenvalue weighted by Gasteiger charge is -2.34. The number of benzene rings is 3. The summed E-state index contributed by atoms with van der Waals surface area (Å²) in [5.41, 5.74) is 8.67. The number of hydrogen-bond acceptors (Lipinski definition) is 3. The number of aryl methyl sites for hydroxylation is 3. The highest BCUT2D eigenvalue weighted by molar-refractivity contribution is 5.73. The fourth-order valence-corrected chi connectivity index (χ4v) is 4.46. The zero-order chi connectivity index (χ0) is 22.7. The summed E-state index contributed by atoms with van der Waals surface area (Å²) in [5.74, 6) is -1.29. The second-order valence-corrected chi connectivity index (χ2v) is 8.51. The zero-order valence-electron chi connectivity index (χ0n) is 18.6. The number of nitrogens with one attached hydrogen (secondary N) is 1. The van der Waals surface area contributed by atoms with Crippen LogP contribution in [-0.4, -0.2) is 17.6 Å². The molecule has 0 spiro atoms. The molecular formula is C27H29FN2O2. The summed E-state index contributed by atoms with van der Waals surface area (Å²) in [7, 11) is 0. The van der Waals surface area contributed by atoms with Gasteiger partial charge in [0.15, 0.2) is 0 Å². The van der Waals surface area contributed by atoms with Crippen LogP contribution in [0.25, 0.3) is 0 Å². The van der Waals surface area contributed by atoms with Crippen molar-refractivity contribution in [2.24, 2.45) is 0 Å². The minimum atomic E-state index is -0.922. The highest BCUT2D eigenvalue weighted by Gasteiger charge is 2.22. The van der Waals surface area contributed by atoms with Crippen LogP contribution in [0.5, 0.6) is 0 Å².